The number of ether oxygens (including phenoxy) is 2. The average molecular weight is 382 g/mol. The summed E-state index contributed by atoms with van der Waals surface area (Å²) in [6.45, 7) is 7.71. The fourth-order valence-corrected chi connectivity index (χ4v) is 2.37. The molecule has 0 aliphatic rings. The molecule has 1 heterocycles. The van der Waals surface area contributed by atoms with Crippen molar-refractivity contribution < 1.29 is 19.1 Å². The summed E-state index contributed by atoms with van der Waals surface area (Å²) in [6, 6.07) is 11.4. The van der Waals surface area contributed by atoms with Gasteiger partial charge in [0.2, 0.25) is 0 Å². The van der Waals surface area contributed by atoms with Crippen molar-refractivity contribution >= 4 is 23.7 Å². The Balaban J connectivity index is 2.01. The second-order valence-electron chi connectivity index (χ2n) is 7.08. The molecule has 1 aromatic carbocycles. The smallest absolute Gasteiger partial charge is 0.330 e. The maximum Gasteiger partial charge on any atom is 0.330 e. The number of rotatable bonds is 7. The van der Waals surface area contributed by atoms with Crippen molar-refractivity contribution in [3.8, 4) is 11.3 Å². The van der Waals surface area contributed by atoms with Gasteiger partial charge in [0, 0.05) is 23.5 Å². The van der Waals surface area contributed by atoms with Crippen LogP contribution < -0.4 is 5.32 Å². The minimum Gasteiger partial charge on any atom is -0.463 e. The van der Waals surface area contributed by atoms with E-state index < -0.39 is 5.60 Å². The molecule has 0 aliphatic heterocycles. The van der Waals surface area contributed by atoms with E-state index in [1.165, 1.54) is 6.08 Å². The molecule has 1 aromatic heterocycles. The van der Waals surface area contributed by atoms with Gasteiger partial charge < -0.3 is 14.8 Å². The zero-order valence-electron chi connectivity index (χ0n) is 16.7. The first-order valence-electron chi connectivity index (χ1n) is 9.14. The van der Waals surface area contributed by atoms with Crippen molar-refractivity contribution in [1.82, 2.24) is 4.98 Å². The van der Waals surface area contributed by atoms with Crippen LogP contribution >= 0.6 is 0 Å². The van der Waals surface area contributed by atoms with Gasteiger partial charge in [-0.1, -0.05) is 18.2 Å². The summed E-state index contributed by atoms with van der Waals surface area (Å²) >= 11 is 0. The molecule has 0 spiro atoms. The lowest BCUT2D eigenvalue weighted by atomic mass is 10.1. The number of aromatic nitrogens is 1. The number of benzene rings is 1. The van der Waals surface area contributed by atoms with Gasteiger partial charge >= 0.3 is 11.9 Å². The van der Waals surface area contributed by atoms with E-state index in [2.05, 4.69) is 10.3 Å². The van der Waals surface area contributed by atoms with E-state index in [0.29, 0.717) is 6.61 Å². The van der Waals surface area contributed by atoms with Crippen LogP contribution in [0.15, 0.2) is 48.7 Å². The summed E-state index contributed by atoms with van der Waals surface area (Å²) in [4.78, 5) is 27.6. The Labute approximate surface area is 165 Å². The third-order valence-corrected chi connectivity index (χ3v) is 3.50. The molecule has 6 nitrogen and oxygen atoms in total. The summed E-state index contributed by atoms with van der Waals surface area (Å²) in [5.41, 5.74) is 2.80. The zero-order valence-corrected chi connectivity index (χ0v) is 16.7. The number of carbonyl (C=O) groups excluding carboxylic acids is 2. The lowest BCUT2D eigenvalue weighted by molar-refractivity contribution is -0.152. The van der Waals surface area contributed by atoms with Crippen molar-refractivity contribution in [2.24, 2.45) is 0 Å². The molecular weight excluding hydrogens is 356 g/mol. The highest BCUT2D eigenvalue weighted by Crippen LogP contribution is 2.21. The van der Waals surface area contributed by atoms with Gasteiger partial charge in [-0.05, 0) is 57.5 Å². The lowest BCUT2D eigenvalue weighted by Crippen LogP contribution is -2.28. The summed E-state index contributed by atoms with van der Waals surface area (Å²) in [6.07, 6.45) is 4.72. The zero-order chi connectivity index (χ0) is 20.6. The monoisotopic (exact) mass is 382 g/mol. The van der Waals surface area contributed by atoms with E-state index in [4.69, 9.17) is 9.47 Å². The molecule has 0 saturated heterocycles. The first-order chi connectivity index (χ1) is 13.3. The van der Waals surface area contributed by atoms with E-state index in [1.54, 1.807) is 19.2 Å². The van der Waals surface area contributed by atoms with Gasteiger partial charge in [-0.2, -0.15) is 0 Å². The molecule has 1 N–H and O–H groups in total. The van der Waals surface area contributed by atoms with Crippen molar-refractivity contribution in [3.05, 3.63) is 54.2 Å². The summed E-state index contributed by atoms with van der Waals surface area (Å²) in [7, 11) is 0. The van der Waals surface area contributed by atoms with E-state index in [0.717, 1.165) is 22.5 Å². The standard InChI is InChI=1S/C22H26N2O4/c1-5-27-20(25)12-10-16-9-11-19(24-14-16)17-7-6-8-18(13-17)23-15-21(26)28-22(2,3)4/h6-14,23H,5,15H2,1-4H3. The SMILES string of the molecule is CCOC(=O)C=Cc1ccc(-c2cccc(NCC(=O)OC(C)(C)C)c2)nc1. The minimum absolute atomic E-state index is 0.0890. The third kappa shape index (κ3) is 7.23. The van der Waals surface area contributed by atoms with Crippen LogP contribution in [0.3, 0.4) is 0 Å². The number of pyridine rings is 1. The number of carbonyl (C=O) groups is 2. The van der Waals surface area contributed by atoms with Gasteiger partial charge in [0.25, 0.3) is 0 Å². The molecule has 28 heavy (non-hydrogen) atoms. The fourth-order valence-electron chi connectivity index (χ4n) is 2.37. The van der Waals surface area contributed by atoms with Crippen LogP contribution in [-0.2, 0) is 19.1 Å². The van der Waals surface area contributed by atoms with E-state index in [1.807, 2.05) is 57.2 Å². The molecule has 0 amide bonds. The predicted octanol–water partition coefficient (Wildman–Crippen LogP) is 4.08. The van der Waals surface area contributed by atoms with E-state index in [9.17, 15) is 9.59 Å². The number of nitrogens with one attached hydrogen (secondary N) is 1. The molecule has 0 atom stereocenters. The predicted molar refractivity (Wildman–Crippen MR) is 110 cm³/mol. The molecule has 0 fully saturated rings. The minimum atomic E-state index is -0.506. The third-order valence-electron chi connectivity index (χ3n) is 3.50. The van der Waals surface area contributed by atoms with Crippen LogP contribution in [0.5, 0.6) is 0 Å². The number of anilines is 1. The van der Waals surface area contributed by atoms with Crippen molar-refractivity contribution in [2.75, 3.05) is 18.5 Å². The van der Waals surface area contributed by atoms with Crippen LogP contribution in [0, 0.1) is 0 Å². The second-order valence-corrected chi connectivity index (χ2v) is 7.08. The molecule has 6 heteroatoms. The Bertz CT molecular complexity index is 836. The van der Waals surface area contributed by atoms with Crippen molar-refractivity contribution in [2.45, 2.75) is 33.3 Å². The van der Waals surface area contributed by atoms with Gasteiger partial charge in [-0.15, -0.1) is 0 Å². The largest absolute Gasteiger partial charge is 0.463 e. The molecule has 2 rings (SSSR count). The first-order valence-corrected chi connectivity index (χ1v) is 9.14. The van der Waals surface area contributed by atoms with Gasteiger partial charge in [-0.25, -0.2) is 4.79 Å². The molecule has 148 valence electrons. The van der Waals surface area contributed by atoms with Crippen molar-refractivity contribution in [1.29, 1.82) is 0 Å². The van der Waals surface area contributed by atoms with Crippen LogP contribution in [0.25, 0.3) is 17.3 Å². The van der Waals surface area contributed by atoms with Crippen molar-refractivity contribution in [3.63, 3.8) is 0 Å². The normalized spacial score (nSPS) is 11.3. The van der Waals surface area contributed by atoms with Gasteiger partial charge in [0.15, 0.2) is 0 Å². The highest BCUT2D eigenvalue weighted by molar-refractivity contribution is 5.87. The number of nitrogens with zero attached hydrogens (tertiary/aromatic N) is 1. The highest BCUT2D eigenvalue weighted by atomic mass is 16.6. The Kier molecular flexibility index (Phi) is 7.32. The van der Waals surface area contributed by atoms with Crippen LogP contribution in [0.1, 0.15) is 33.3 Å². The maximum absolute atomic E-state index is 11.8. The van der Waals surface area contributed by atoms with Crippen LogP contribution in [-0.4, -0.2) is 35.7 Å². The molecular formula is C22H26N2O4. The van der Waals surface area contributed by atoms with E-state index >= 15 is 0 Å². The Morgan fingerprint density at radius 3 is 2.61 bits per heavy atom. The van der Waals surface area contributed by atoms with Gasteiger partial charge in [-0.3, -0.25) is 9.78 Å². The summed E-state index contributed by atoms with van der Waals surface area (Å²) in [5.74, 6) is -0.691. The molecule has 0 unspecified atom stereocenters. The summed E-state index contributed by atoms with van der Waals surface area (Å²) < 4.78 is 10.1. The average Bonchev–Trinajstić information content (AvgIpc) is 2.64. The topological polar surface area (TPSA) is 77.5 Å². The van der Waals surface area contributed by atoms with E-state index in [-0.39, 0.29) is 18.5 Å². The summed E-state index contributed by atoms with van der Waals surface area (Å²) in [5, 5.41) is 3.07. The Morgan fingerprint density at radius 2 is 1.96 bits per heavy atom. The lowest BCUT2D eigenvalue weighted by Gasteiger charge is -2.19. The molecule has 0 radical (unpaired) electrons. The quantitative estimate of drug-likeness (QED) is 0.574. The highest BCUT2D eigenvalue weighted by Gasteiger charge is 2.15. The number of esters is 2. The maximum atomic E-state index is 11.8. The second kappa shape index (κ2) is 9.69. The molecule has 0 aliphatic carbocycles. The Morgan fingerprint density at radius 1 is 1.18 bits per heavy atom. The number of hydrogen-bond acceptors (Lipinski definition) is 6. The molecule has 0 bridgehead atoms. The molecule has 2 aromatic rings. The van der Waals surface area contributed by atoms with Crippen LogP contribution in [0.4, 0.5) is 5.69 Å². The Hall–Kier alpha value is -3.15. The fraction of sp³-hybridized carbons (Fsp3) is 0.318. The van der Waals surface area contributed by atoms with Gasteiger partial charge in [0.05, 0.1) is 12.3 Å². The van der Waals surface area contributed by atoms with Gasteiger partial charge in [0.1, 0.15) is 12.1 Å². The number of hydrogen-bond donors (Lipinski definition) is 1. The molecule has 0 saturated carbocycles. The van der Waals surface area contributed by atoms with Crippen LogP contribution in [0.2, 0.25) is 0 Å². The first kappa shape index (κ1) is 21.2.